The molecule has 0 unspecified atom stereocenters. The fraction of sp³-hybridized carbons (Fsp3) is 0.542. The molecule has 5 heterocycles. The normalized spacial score (nSPS) is 22.2. The van der Waals surface area contributed by atoms with Gasteiger partial charge >= 0.3 is 0 Å². The first-order chi connectivity index (χ1) is 15.6. The molecule has 4 aromatic heterocycles. The smallest absolute Gasteiger partial charge is 0.158 e. The number of aromatic amines is 1. The Hall–Kier alpha value is -2.29. The summed E-state index contributed by atoms with van der Waals surface area (Å²) >= 11 is 1.85. The maximum Gasteiger partial charge on any atom is 0.158 e. The minimum atomic E-state index is 0.380. The zero-order chi connectivity index (χ0) is 21.8. The molecule has 0 spiro atoms. The number of thiazole rings is 1. The van der Waals surface area contributed by atoms with E-state index < -0.39 is 0 Å². The molecular formula is C24H30N6OS. The van der Waals surface area contributed by atoms with Crippen LogP contribution in [-0.4, -0.2) is 49.9 Å². The van der Waals surface area contributed by atoms with Crippen LogP contribution >= 0.6 is 11.3 Å². The van der Waals surface area contributed by atoms with Crippen molar-refractivity contribution in [3.05, 3.63) is 34.7 Å². The summed E-state index contributed by atoms with van der Waals surface area (Å²) in [5.74, 6) is 0.957. The number of fused-ring (bicyclic) bond motifs is 2. The fourth-order valence-electron chi connectivity index (χ4n) is 5.27. The summed E-state index contributed by atoms with van der Waals surface area (Å²) in [7, 11) is 0. The second kappa shape index (κ2) is 7.93. The van der Waals surface area contributed by atoms with Gasteiger partial charge in [0.25, 0.3) is 0 Å². The molecule has 0 aromatic carbocycles. The Morgan fingerprint density at radius 2 is 2.00 bits per heavy atom. The Bertz CT molecular complexity index is 1260. The highest BCUT2D eigenvalue weighted by molar-refractivity contribution is 7.18. The highest BCUT2D eigenvalue weighted by atomic mass is 32.1. The molecule has 0 bridgehead atoms. The zero-order valence-corrected chi connectivity index (χ0v) is 19.7. The first-order valence-corrected chi connectivity index (χ1v) is 12.5. The van der Waals surface area contributed by atoms with E-state index in [2.05, 4.69) is 53.4 Å². The van der Waals surface area contributed by atoms with Gasteiger partial charge in [0.05, 0.1) is 30.0 Å². The molecule has 2 fully saturated rings. The largest absolute Gasteiger partial charge is 0.378 e. The zero-order valence-electron chi connectivity index (χ0n) is 18.9. The monoisotopic (exact) mass is 450 g/mol. The average Bonchev–Trinajstić information content (AvgIpc) is 3.44. The number of nitrogens with zero attached hydrogens (tertiary/aromatic N) is 4. The highest BCUT2D eigenvalue weighted by Crippen LogP contribution is 2.42. The van der Waals surface area contributed by atoms with Crippen LogP contribution in [0.25, 0.3) is 27.3 Å². The number of H-pyrrole nitrogens is 1. The Morgan fingerprint density at radius 1 is 1.19 bits per heavy atom. The number of pyridine rings is 1. The Labute approximate surface area is 191 Å². The Balaban J connectivity index is 1.29. The van der Waals surface area contributed by atoms with Gasteiger partial charge in [-0.25, -0.2) is 14.5 Å². The molecule has 0 atom stereocenters. The quantitative estimate of drug-likeness (QED) is 0.457. The summed E-state index contributed by atoms with van der Waals surface area (Å²) in [5, 5.41) is 9.41. The van der Waals surface area contributed by atoms with Crippen molar-refractivity contribution >= 4 is 27.3 Å². The molecule has 8 heteroatoms. The van der Waals surface area contributed by atoms with Crippen LogP contribution in [0, 0.1) is 6.92 Å². The molecule has 168 valence electrons. The number of nitrogens with one attached hydrogen (secondary N) is 2. The Kier molecular flexibility index (Phi) is 5.04. The molecule has 1 aliphatic carbocycles. The third-order valence-electron chi connectivity index (χ3n) is 7.02. The summed E-state index contributed by atoms with van der Waals surface area (Å²) < 4.78 is 7.17. The van der Waals surface area contributed by atoms with Gasteiger partial charge in [-0.2, -0.15) is 5.10 Å². The molecular weight excluding hydrogens is 420 g/mol. The fourth-order valence-corrected chi connectivity index (χ4v) is 6.42. The maximum absolute atomic E-state index is 5.30. The molecule has 4 aromatic rings. The SMILES string of the molecule is Cc1cc(-c2[nH]c3sc(C4CCC(NC5COC5)CC4)nc3c2C(C)C)cn2ncnc12. The second-order valence-electron chi connectivity index (χ2n) is 9.69. The molecule has 1 aliphatic heterocycles. The van der Waals surface area contributed by atoms with Crippen molar-refractivity contribution < 1.29 is 4.74 Å². The number of aromatic nitrogens is 5. The lowest BCUT2D eigenvalue weighted by Gasteiger charge is -2.35. The second-order valence-corrected chi connectivity index (χ2v) is 10.7. The number of rotatable bonds is 5. The van der Waals surface area contributed by atoms with Crippen molar-refractivity contribution in [3.8, 4) is 11.3 Å². The van der Waals surface area contributed by atoms with E-state index in [1.54, 1.807) is 6.33 Å². The lowest BCUT2D eigenvalue weighted by molar-refractivity contribution is -0.0121. The van der Waals surface area contributed by atoms with Crippen LogP contribution in [0.1, 0.15) is 67.5 Å². The van der Waals surface area contributed by atoms with Gasteiger partial charge in [-0.3, -0.25) is 0 Å². The molecule has 1 saturated carbocycles. The summed E-state index contributed by atoms with van der Waals surface area (Å²) in [6, 6.07) is 3.41. The predicted molar refractivity (Wildman–Crippen MR) is 128 cm³/mol. The van der Waals surface area contributed by atoms with E-state index >= 15 is 0 Å². The van der Waals surface area contributed by atoms with Gasteiger partial charge in [0, 0.05) is 29.3 Å². The molecule has 32 heavy (non-hydrogen) atoms. The average molecular weight is 451 g/mol. The van der Waals surface area contributed by atoms with Crippen LogP contribution < -0.4 is 5.32 Å². The van der Waals surface area contributed by atoms with Crippen LogP contribution in [0.4, 0.5) is 0 Å². The lowest BCUT2D eigenvalue weighted by Crippen LogP contribution is -2.51. The van der Waals surface area contributed by atoms with Gasteiger partial charge < -0.3 is 15.0 Å². The van der Waals surface area contributed by atoms with E-state index in [1.807, 2.05) is 15.9 Å². The maximum atomic E-state index is 5.30. The van der Waals surface area contributed by atoms with Gasteiger partial charge in [-0.05, 0) is 50.2 Å². The first kappa shape index (κ1) is 20.3. The van der Waals surface area contributed by atoms with E-state index in [0.717, 1.165) is 41.2 Å². The van der Waals surface area contributed by atoms with E-state index in [4.69, 9.17) is 9.72 Å². The summed E-state index contributed by atoms with van der Waals surface area (Å²) in [6.45, 7) is 8.36. The number of hydrogen-bond donors (Lipinski definition) is 2. The van der Waals surface area contributed by atoms with Crippen molar-refractivity contribution in [3.63, 3.8) is 0 Å². The lowest BCUT2D eigenvalue weighted by atomic mass is 9.86. The van der Waals surface area contributed by atoms with E-state index in [0.29, 0.717) is 23.9 Å². The molecule has 1 saturated heterocycles. The highest BCUT2D eigenvalue weighted by Gasteiger charge is 2.29. The molecule has 6 rings (SSSR count). The van der Waals surface area contributed by atoms with Gasteiger partial charge in [-0.15, -0.1) is 11.3 Å². The van der Waals surface area contributed by atoms with Crippen molar-refractivity contribution in [1.29, 1.82) is 0 Å². The van der Waals surface area contributed by atoms with Gasteiger partial charge in [0.1, 0.15) is 16.7 Å². The van der Waals surface area contributed by atoms with Crippen LogP contribution in [0.15, 0.2) is 18.6 Å². The van der Waals surface area contributed by atoms with Crippen LogP contribution in [-0.2, 0) is 4.74 Å². The van der Waals surface area contributed by atoms with E-state index in [1.165, 1.54) is 41.1 Å². The van der Waals surface area contributed by atoms with E-state index in [9.17, 15) is 0 Å². The topological polar surface area (TPSA) is 80.1 Å². The van der Waals surface area contributed by atoms with Crippen LogP contribution in [0.2, 0.25) is 0 Å². The minimum absolute atomic E-state index is 0.380. The predicted octanol–water partition coefficient (Wildman–Crippen LogP) is 4.78. The molecule has 2 N–H and O–H groups in total. The standard InChI is InChI=1S/C24H30N6OS/c1-13(2)19-20(16-8-14(3)22-25-12-26-30(22)9-16)28-24-21(19)29-23(32-24)15-4-6-17(7-5-15)27-18-10-31-11-18/h8-9,12-13,15,17-18,27-28H,4-7,10-11H2,1-3H3. The van der Waals surface area contributed by atoms with Crippen molar-refractivity contribution in [2.24, 2.45) is 0 Å². The minimum Gasteiger partial charge on any atom is -0.378 e. The molecule has 0 amide bonds. The third kappa shape index (κ3) is 3.45. The summed E-state index contributed by atoms with van der Waals surface area (Å²) in [5.41, 5.74) is 6.79. The Morgan fingerprint density at radius 3 is 2.72 bits per heavy atom. The first-order valence-electron chi connectivity index (χ1n) is 11.7. The third-order valence-corrected chi connectivity index (χ3v) is 8.15. The van der Waals surface area contributed by atoms with Crippen molar-refractivity contribution in [2.45, 2.75) is 70.4 Å². The van der Waals surface area contributed by atoms with Crippen molar-refractivity contribution in [1.82, 2.24) is 29.9 Å². The van der Waals surface area contributed by atoms with Gasteiger partial charge in [0.15, 0.2) is 5.65 Å². The van der Waals surface area contributed by atoms with E-state index in [-0.39, 0.29) is 0 Å². The summed E-state index contributed by atoms with van der Waals surface area (Å²) in [4.78, 5) is 14.5. The molecule has 2 aliphatic rings. The van der Waals surface area contributed by atoms with Gasteiger partial charge in [-0.1, -0.05) is 13.8 Å². The number of ether oxygens (including phenoxy) is 1. The number of aryl methyl sites for hydroxylation is 1. The van der Waals surface area contributed by atoms with Crippen molar-refractivity contribution in [2.75, 3.05) is 13.2 Å². The number of hydrogen-bond acceptors (Lipinski definition) is 6. The molecule has 0 radical (unpaired) electrons. The molecule has 7 nitrogen and oxygen atoms in total. The summed E-state index contributed by atoms with van der Waals surface area (Å²) in [6.07, 6.45) is 8.57. The van der Waals surface area contributed by atoms with Gasteiger partial charge in [0.2, 0.25) is 0 Å². The van der Waals surface area contributed by atoms with Crippen LogP contribution in [0.5, 0.6) is 0 Å². The van der Waals surface area contributed by atoms with Crippen LogP contribution in [0.3, 0.4) is 0 Å².